The Hall–Kier alpha value is -1.90. The molecular weight excluding hydrogens is 269 g/mol. The van der Waals surface area contributed by atoms with Crippen molar-refractivity contribution in [1.29, 1.82) is 0 Å². The molecule has 4 nitrogen and oxygen atoms in total. The topological polar surface area (TPSA) is 72.3 Å². The SMILES string of the molecule is NCC#Cc1ccc(CN2CCCCC2C(N)=O)c(F)c1. The summed E-state index contributed by atoms with van der Waals surface area (Å²) in [6.45, 7) is 1.41. The van der Waals surface area contributed by atoms with E-state index in [-0.39, 0.29) is 24.3 Å². The molecule has 4 N–H and O–H groups in total. The lowest BCUT2D eigenvalue weighted by Gasteiger charge is -2.33. The van der Waals surface area contributed by atoms with Crippen LogP contribution in [0.25, 0.3) is 0 Å². The predicted molar refractivity (Wildman–Crippen MR) is 79.6 cm³/mol. The maximum atomic E-state index is 14.1. The molecule has 1 heterocycles. The van der Waals surface area contributed by atoms with Crippen LogP contribution in [0.5, 0.6) is 0 Å². The predicted octanol–water partition coefficient (Wildman–Crippen LogP) is 0.976. The van der Waals surface area contributed by atoms with Gasteiger partial charge in [-0.2, -0.15) is 0 Å². The Balaban J connectivity index is 2.13. The third-order valence-corrected chi connectivity index (χ3v) is 3.70. The number of piperidine rings is 1. The highest BCUT2D eigenvalue weighted by molar-refractivity contribution is 5.79. The van der Waals surface area contributed by atoms with Gasteiger partial charge in [-0.25, -0.2) is 4.39 Å². The molecule has 1 aliphatic heterocycles. The lowest BCUT2D eigenvalue weighted by Crippen LogP contribution is -2.47. The summed E-state index contributed by atoms with van der Waals surface area (Å²) in [5.74, 6) is 4.85. The number of carbonyl (C=O) groups excluding carboxylic acids is 1. The quantitative estimate of drug-likeness (QED) is 0.815. The number of halogens is 1. The maximum absolute atomic E-state index is 14.1. The van der Waals surface area contributed by atoms with Crippen LogP contribution >= 0.6 is 0 Å². The smallest absolute Gasteiger partial charge is 0.234 e. The van der Waals surface area contributed by atoms with Crippen LogP contribution in [0.15, 0.2) is 18.2 Å². The number of hydrogen-bond donors (Lipinski definition) is 2. The van der Waals surface area contributed by atoms with E-state index in [0.717, 1.165) is 25.8 Å². The lowest BCUT2D eigenvalue weighted by atomic mass is 10.0. The maximum Gasteiger partial charge on any atom is 0.234 e. The molecule has 0 aromatic heterocycles. The molecule has 5 heteroatoms. The molecule has 0 aliphatic carbocycles. The Labute approximate surface area is 124 Å². The van der Waals surface area contributed by atoms with Crippen LogP contribution in [-0.4, -0.2) is 29.9 Å². The molecule has 1 saturated heterocycles. The number of nitrogens with two attached hydrogens (primary N) is 2. The van der Waals surface area contributed by atoms with E-state index >= 15 is 0 Å². The molecule has 21 heavy (non-hydrogen) atoms. The van der Waals surface area contributed by atoms with Crippen molar-refractivity contribution in [3.8, 4) is 11.8 Å². The number of primary amides is 1. The number of rotatable bonds is 3. The van der Waals surface area contributed by atoms with Crippen molar-refractivity contribution in [3.05, 3.63) is 35.1 Å². The molecule has 0 saturated carbocycles. The van der Waals surface area contributed by atoms with Crippen LogP contribution in [0.3, 0.4) is 0 Å². The summed E-state index contributed by atoms with van der Waals surface area (Å²) in [7, 11) is 0. The standard InChI is InChI=1S/C16H20FN3O/c17-14-10-12(4-3-8-18)6-7-13(14)11-20-9-2-1-5-15(20)16(19)21/h6-7,10,15H,1-2,5,8-9,11,18H2,(H2,19,21). The van der Waals surface area contributed by atoms with Crippen molar-refractivity contribution in [2.45, 2.75) is 31.8 Å². The first-order chi connectivity index (χ1) is 10.1. The molecule has 112 valence electrons. The molecule has 2 rings (SSSR count). The molecule has 1 atom stereocenters. The normalized spacial score (nSPS) is 18.9. The minimum atomic E-state index is -0.333. The van der Waals surface area contributed by atoms with Crippen molar-refractivity contribution >= 4 is 5.91 Å². The number of likely N-dealkylation sites (tertiary alicyclic amines) is 1. The van der Waals surface area contributed by atoms with Gasteiger partial charge in [-0.05, 0) is 31.5 Å². The average Bonchev–Trinajstić information content (AvgIpc) is 2.48. The second kappa shape index (κ2) is 7.21. The van der Waals surface area contributed by atoms with E-state index < -0.39 is 0 Å². The summed E-state index contributed by atoms with van der Waals surface area (Å²) in [4.78, 5) is 13.4. The van der Waals surface area contributed by atoms with E-state index in [9.17, 15) is 9.18 Å². The van der Waals surface area contributed by atoms with Gasteiger partial charge in [0.05, 0.1) is 12.6 Å². The van der Waals surface area contributed by atoms with Crippen molar-refractivity contribution in [2.24, 2.45) is 11.5 Å². The van der Waals surface area contributed by atoms with E-state index in [0.29, 0.717) is 17.7 Å². The van der Waals surface area contributed by atoms with Crippen LogP contribution in [-0.2, 0) is 11.3 Å². The number of benzene rings is 1. The molecular formula is C16H20FN3O. The summed E-state index contributed by atoms with van der Waals surface area (Å²) >= 11 is 0. The molecule has 1 aromatic rings. The van der Waals surface area contributed by atoms with Crippen molar-refractivity contribution in [3.63, 3.8) is 0 Å². The summed E-state index contributed by atoms with van der Waals surface area (Å²) in [6.07, 6.45) is 2.74. The molecule has 1 fully saturated rings. The molecule has 1 unspecified atom stereocenters. The largest absolute Gasteiger partial charge is 0.368 e. The van der Waals surface area contributed by atoms with Gasteiger partial charge in [-0.3, -0.25) is 9.69 Å². The summed E-state index contributed by atoms with van der Waals surface area (Å²) in [6, 6.07) is 4.59. The Bertz CT molecular complexity index is 577. The minimum Gasteiger partial charge on any atom is -0.368 e. The van der Waals surface area contributed by atoms with Gasteiger partial charge in [0.1, 0.15) is 5.82 Å². The van der Waals surface area contributed by atoms with E-state index in [4.69, 9.17) is 11.5 Å². The van der Waals surface area contributed by atoms with Gasteiger partial charge in [-0.1, -0.05) is 24.3 Å². The third-order valence-electron chi connectivity index (χ3n) is 3.70. The number of hydrogen-bond acceptors (Lipinski definition) is 3. The van der Waals surface area contributed by atoms with Crippen LogP contribution in [0.1, 0.15) is 30.4 Å². The fraction of sp³-hybridized carbons (Fsp3) is 0.438. The zero-order valence-corrected chi connectivity index (χ0v) is 11.9. The first-order valence-corrected chi connectivity index (χ1v) is 7.12. The van der Waals surface area contributed by atoms with E-state index in [1.165, 1.54) is 6.07 Å². The highest BCUT2D eigenvalue weighted by Gasteiger charge is 2.27. The van der Waals surface area contributed by atoms with Gasteiger partial charge in [0, 0.05) is 17.7 Å². The van der Waals surface area contributed by atoms with Gasteiger partial charge in [0.2, 0.25) is 5.91 Å². The number of carbonyl (C=O) groups is 1. The Morgan fingerprint density at radius 3 is 2.90 bits per heavy atom. The van der Waals surface area contributed by atoms with Gasteiger partial charge >= 0.3 is 0 Å². The Morgan fingerprint density at radius 1 is 1.43 bits per heavy atom. The van der Waals surface area contributed by atoms with Gasteiger partial charge in [-0.15, -0.1) is 0 Å². The molecule has 0 bridgehead atoms. The van der Waals surface area contributed by atoms with E-state index in [1.807, 2.05) is 4.90 Å². The monoisotopic (exact) mass is 289 g/mol. The van der Waals surface area contributed by atoms with Crippen molar-refractivity contribution in [2.75, 3.05) is 13.1 Å². The number of nitrogens with zero attached hydrogens (tertiary/aromatic N) is 1. The fourth-order valence-corrected chi connectivity index (χ4v) is 2.63. The third kappa shape index (κ3) is 4.03. The number of amides is 1. The molecule has 0 spiro atoms. The summed E-state index contributed by atoms with van der Waals surface area (Å²) in [5, 5.41) is 0. The van der Waals surface area contributed by atoms with E-state index in [2.05, 4.69) is 11.8 Å². The Morgan fingerprint density at radius 2 is 2.24 bits per heavy atom. The van der Waals surface area contributed by atoms with Gasteiger partial charge in [0.15, 0.2) is 0 Å². The molecule has 1 amide bonds. The van der Waals surface area contributed by atoms with Gasteiger partial charge in [0.25, 0.3) is 0 Å². The summed E-state index contributed by atoms with van der Waals surface area (Å²) in [5.41, 5.74) is 11.9. The highest BCUT2D eigenvalue weighted by Crippen LogP contribution is 2.21. The zero-order valence-electron chi connectivity index (χ0n) is 11.9. The molecule has 0 radical (unpaired) electrons. The minimum absolute atomic E-state index is 0.247. The van der Waals surface area contributed by atoms with Crippen LogP contribution in [0.4, 0.5) is 4.39 Å². The Kier molecular flexibility index (Phi) is 5.32. The lowest BCUT2D eigenvalue weighted by molar-refractivity contribution is -0.124. The van der Waals surface area contributed by atoms with Crippen LogP contribution < -0.4 is 11.5 Å². The first-order valence-electron chi connectivity index (χ1n) is 7.12. The second-order valence-corrected chi connectivity index (χ2v) is 5.20. The van der Waals surface area contributed by atoms with Crippen LogP contribution in [0, 0.1) is 17.7 Å². The second-order valence-electron chi connectivity index (χ2n) is 5.20. The van der Waals surface area contributed by atoms with Crippen molar-refractivity contribution in [1.82, 2.24) is 4.90 Å². The molecule has 1 aliphatic rings. The van der Waals surface area contributed by atoms with Crippen molar-refractivity contribution < 1.29 is 9.18 Å². The van der Waals surface area contributed by atoms with E-state index in [1.54, 1.807) is 12.1 Å². The van der Waals surface area contributed by atoms with Crippen LogP contribution in [0.2, 0.25) is 0 Å². The summed E-state index contributed by atoms with van der Waals surface area (Å²) < 4.78 is 14.1. The molecule has 1 aromatic carbocycles. The fourth-order valence-electron chi connectivity index (χ4n) is 2.63. The zero-order chi connectivity index (χ0) is 15.2. The average molecular weight is 289 g/mol. The highest BCUT2D eigenvalue weighted by atomic mass is 19.1. The first kappa shape index (κ1) is 15.5. The van der Waals surface area contributed by atoms with Gasteiger partial charge < -0.3 is 11.5 Å².